The summed E-state index contributed by atoms with van der Waals surface area (Å²) < 4.78 is 10.0. The van der Waals surface area contributed by atoms with Gasteiger partial charge in [-0.2, -0.15) is 0 Å². The Morgan fingerprint density at radius 1 is 1.16 bits per heavy atom. The molecule has 0 radical (unpaired) electrons. The topological polar surface area (TPSA) is 79.9 Å². The molecule has 1 aliphatic rings. The van der Waals surface area contributed by atoms with Gasteiger partial charge in [0.2, 0.25) is 11.8 Å². The number of nitrogens with one attached hydrogen (secondary N) is 2. The lowest BCUT2D eigenvalue weighted by Gasteiger charge is -2.26. The molecule has 0 aromatic rings. The van der Waals surface area contributed by atoms with Gasteiger partial charge in [-0.05, 0) is 0 Å². The second-order valence-electron chi connectivity index (χ2n) is 4.32. The molecule has 0 unspecified atom stereocenters. The zero-order valence-electron chi connectivity index (χ0n) is 11.4. The van der Waals surface area contributed by atoms with Crippen LogP contribution < -0.4 is 10.6 Å². The minimum absolute atomic E-state index is 0.132. The lowest BCUT2D eigenvalue weighted by Crippen LogP contribution is -2.42. The molecule has 0 spiro atoms. The van der Waals surface area contributed by atoms with Gasteiger partial charge in [-0.15, -0.1) is 0 Å². The molecular formula is C12H23N3O4. The van der Waals surface area contributed by atoms with E-state index in [2.05, 4.69) is 15.5 Å². The van der Waals surface area contributed by atoms with E-state index < -0.39 is 0 Å². The number of rotatable bonds is 8. The summed E-state index contributed by atoms with van der Waals surface area (Å²) in [5.74, 6) is -0.524. The lowest BCUT2D eigenvalue weighted by atomic mass is 10.3. The highest BCUT2D eigenvalue weighted by Gasteiger charge is 2.11. The molecule has 0 atom stereocenters. The first-order valence-electron chi connectivity index (χ1n) is 6.55. The summed E-state index contributed by atoms with van der Waals surface area (Å²) in [4.78, 5) is 25.0. The monoisotopic (exact) mass is 273 g/mol. The predicted molar refractivity (Wildman–Crippen MR) is 69.8 cm³/mol. The standard InChI is InChI=1S/C12H23N3O4/c1-18-7-3-14-12(17)10-11(16)13-2-4-15-5-8-19-9-6-15/h2-10H2,1H3,(H,13,16)(H,14,17). The molecular weight excluding hydrogens is 250 g/mol. The summed E-state index contributed by atoms with van der Waals surface area (Å²) in [6.45, 7) is 5.51. The van der Waals surface area contributed by atoms with Crippen LogP contribution in [0.1, 0.15) is 6.42 Å². The van der Waals surface area contributed by atoms with Crippen LogP contribution >= 0.6 is 0 Å². The minimum atomic E-state index is -0.277. The fraction of sp³-hybridized carbons (Fsp3) is 0.833. The van der Waals surface area contributed by atoms with E-state index in [9.17, 15) is 9.59 Å². The zero-order chi connectivity index (χ0) is 13.9. The maximum atomic E-state index is 11.5. The Hall–Kier alpha value is -1.18. The molecule has 110 valence electrons. The number of hydrogen-bond acceptors (Lipinski definition) is 5. The quantitative estimate of drug-likeness (QED) is 0.419. The largest absolute Gasteiger partial charge is 0.383 e. The fourth-order valence-electron chi connectivity index (χ4n) is 1.74. The molecule has 1 aliphatic heterocycles. The van der Waals surface area contributed by atoms with Gasteiger partial charge in [0.05, 0.1) is 19.8 Å². The molecule has 1 fully saturated rings. The first-order valence-corrected chi connectivity index (χ1v) is 6.55. The Kier molecular flexibility index (Phi) is 8.11. The van der Waals surface area contributed by atoms with E-state index in [0.29, 0.717) is 19.7 Å². The van der Waals surface area contributed by atoms with Crippen molar-refractivity contribution in [2.24, 2.45) is 0 Å². The number of amides is 2. The van der Waals surface area contributed by atoms with E-state index in [1.165, 1.54) is 0 Å². The molecule has 19 heavy (non-hydrogen) atoms. The minimum Gasteiger partial charge on any atom is -0.383 e. The highest BCUT2D eigenvalue weighted by Crippen LogP contribution is 1.94. The molecule has 7 heteroatoms. The number of carbonyl (C=O) groups excluding carboxylic acids is 2. The molecule has 0 saturated carbocycles. The van der Waals surface area contributed by atoms with Gasteiger partial charge in [0, 0.05) is 39.8 Å². The number of morpholine rings is 1. The molecule has 1 heterocycles. The summed E-state index contributed by atoms with van der Waals surface area (Å²) >= 11 is 0. The zero-order valence-corrected chi connectivity index (χ0v) is 11.4. The van der Waals surface area contributed by atoms with Crippen LogP contribution in [0.2, 0.25) is 0 Å². The Morgan fingerprint density at radius 3 is 2.42 bits per heavy atom. The molecule has 2 amide bonds. The van der Waals surface area contributed by atoms with E-state index in [0.717, 1.165) is 32.8 Å². The summed E-state index contributed by atoms with van der Waals surface area (Å²) in [6, 6.07) is 0. The van der Waals surface area contributed by atoms with Crippen molar-refractivity contribution in [3.8, 4) is 0 Å². The van der Waals surface area contributed by atoms with Crippen molar-refractivity contribution in [3.05, 3.63) is 0 Å². The first kappa shape index (κ1) is 15.9. The second-order valence-corrected chi connectivity index (χ2v) is 4.32. The number of hydrogen-bond donors (Lipinski definition) is 2. The van der Waals surface area contributed by atoms with Crippen LogP contribution in [0, 0.1) is 0 Å². The summed E-state index contributed by atoms with van der Waals surface area (Å²) in [5, 5.41) is 5.34. The third-order valence-electron chi connectivity index (χ3n) is 2.80. The third kappa shape index (κ3) is 7.76. The van der Waals surface area contributed by atoms with Crippen molar-refractivity contribution in [1.82, 2.24) is 15.5 Å². The van der Waals surface area contributed by atoms with Crippen LogP contribution in [-0.2, 0) is 19.1 Å². The van der Waals surface area contributed by atoms with Crippen molar-refractivity contribution in [1.29, 1.82) is 0 Å². The van der Waals surface area contributed by atoms with E-state index in [-0.39, 0.29) is 18.2 Å². The number of methoxy groups -OCH3 is 1. The Morgan fingerprint density at radius 2 is 1.79 bits per heavy atom. The maximum absolute atomic E-state index is 11.5. The van der Waals surface area contributed by atoms with Gasteiger partial charge < -0.3 is 20.1 Å². The SMILES string of the molecule is COCCNC(=O)CC(=O)NCCN1CCOCC1. The average molecular weight is 273 g/mol. The van der Waals surface area contributed by atoms with E-state index in [1.807, 2.05) is 0 Å². The summed E-state index contributed by atoms with van der Waals surface area (Å²) in [5.41, 5.74) is 0. The predicted octanol–water partition coefficient (Wildman–Crippen LogP) is -1.41. The molecule has 1 saturated heterocycles. The highest BCUT2D eigenvalue weighted by molar-refractivity contribution is 5.96. The third-order valence-corrected chi connectivity index (χ3v) is 2.80. The molecule has 2 N–H and O–H groups in total. The van der Waals surface area contributed by atoms with Gasteiger partial charge >= 0.3 is 0 Å². The molecule has 0 aromatic heterocycles. The number of carbonyl (C=O) groups is 2. The number of ether oxygens (including phenoxy) is 2. The summed E-state index contributed by atoms with van der Waals surface area (Å²) in [6.07, 6.45) is -0.132. The fourth-order valence-corrected chi connectivity index (χ4v) is 1.74. The van der Waals surface area contributed by atoms with Crippen molar-refractivity contribution >= 4 is 11.8 Å². The van der Waals surface area contributed by atoms with Gasteiger partial charge in [-0.3, -0.25) is 14.5 Å². The Labute approximate surface area is 113 Å². The van der Waals surface area contributed by atoms with Crippen molar-refractivity contribution in [2.75, 3.05) is 59.7 Å². The van der Waals surface area contributed by atoms with Crippen molar-refractivity contribution < 1.29 is 19.1 Å². The Bertz CT molecular complexity index is 280. The van der Waals surface area contributed by atoms with Crippen molar-refractivity contribution in [2.45, 2.75) is 6.42 Å². The second kappa shape index (κ2) is 9.71. The van der Waals surface area contributed by atoms with Crippen LogP contribution in [0.25, 0.3) is 0 Å². The molecule has 0 bridgehead atoms. The molecule has 7 nitrogen and oxygen atoms in total. The van der Waals surface area contributed by atoms with Gasteiger partial charge in [-0.25, -0.2) is 0 Å². The van der Waals surface area contributed by atoms with Crippen LogP contribution in [0.5, 0.6) is 0 Å². The van der Waals surface area contributed by atoms with Gasteiger partial charge in [0.25, 0.3) is 0 Å². The smallest absolute Gasteiger partial charge is 0.229 e. The van der Waals surface area contributed by atoms with Gasteiger partial charge in [-0.1, -0.05) is 0 Å². The van der Waals surface area contributed by atoms with E-state index >= 15 is 0 Å². The number of nitrogens with zero attached hydrogens (tertiary/aromatic N) is 1. The summed E-state index contributed by atoms with van der Waals surface area (Å²) in [7, 11) is 1.56. The highest BCUT2D eigenvalue weighted by atomic mass is 16.5. The normalized spacial score (nSPS) is 16.1. The maximum Gasteiger partial charge on any atom is 0.229 e. The van der Waals surface area contributed by atoms with Gasteiger partial charge in [0.15, 0.2) is 0 Å². The first-order chi connectivity index (χ1) is 9.22. The average Bonchev–Trinajstić information content (AvgIpc) is 2.40. The Balaban J connectivity index is 2.02. The van der Waals surface area contributed by atoms with Gasteiger partial charge in [0.1, 0.15) is 6.42 Å². The molecule has 0 aromatic carbocycles. The van der Waals surface area contributed by atoms with E-state index in [1.54, 1.807) is 7.11 Å². The molecule has 0 aliphatic carbocycles. The van der Waals surface area contributed by atoms with E-state index in [4.69, 9.17) is 9.47 Å². The molecule has 1 rings (SSSR count). The lowest BCUT2D eigenvalue weighted by molar-refractivity contribution is -0.129. The van der Waals surface area contributed by atoms with Crippen LogP contribution in [0.3, 0.4) is 0 Å². The van der Waals surface area contributed by atoms with Crippen molar-refractivity contribution in [3.63, 3.8) is 0 Å². The van der Waals surface area contributed by atoms with Crippen LogP contribution in [0.15, 0.2) is 0 Å². The van der Waals surface area contributed by atoms with Crippen LogP contribution in [0.4, 0.5) is 0 Å². The van der Waals surface area contributed by atoms with Crippen LogP contribution in [-0.4, -0.2) is 76.4 Å².